The maximum Gasteiger partial charge on any atom is 0.416 e. The smallest absolute Gasteiger partial charge is 0.354 e. The van der Waals surface area contributed by atoms with Crippen molar-refractivity contribution in [2.45, 2.75) is 64.3 Å². The topological polar surface area (TPSA) is 67.1 Å². The first-order chi connectivity index (χ1) is 14.2. The van der Waals surface area contributed by atoms with Gasteiger partial charge in [0, 0.05) is 13.1 Å². The Hall–Kier alpha value is -2.65. The molecule has 1 heterocycles. The van der Waals surface area contributed by atoms with Crippen LogP contribution in [0, 0.1) is 12.7 Å². The molecule has 1 aliphatic carbocycles. The van der Waals surface area contributed by atoms with E-state index < -0.39 is 17.6 Å². The molecular formula is C20H26F4N6. The maximum atomic E-state index is 13.4. The monoisotopic (exact) mass is 426 g/mol. The van der Waals surface area contributed by atoms with Crippen molar-refractivity contribution in [3.05, 3.63) is 46.8 Å². The summed E-state index contributed by atoms with van der Waals surface area (Å²) in [4.78, 5) is 4.36. The summed E-state index contributed by atoms with van der Waals surface area (Å²) in [5, 5.41) is 14.5. The molecular weight excluding hydrogens is 400 g/mol. The van der Waals surface area contributed by atoms with Gasteiger partial charge in [-0.05, 0) is 37.5 Å². The predicted molar refractivity (Wildman–Crippen MR) is 105 cm³/mol. The molecule has 1 aromatic carbocycles. The second-order valence-electron chi connectivity index (χ2n) is 7.52. The Morgan fingerprint density at radius 2 is 1.93 bits per heavy atom. The van der Waals surface area contributed by atoms with Crippen LogP contribution in [0.2, 0.25) is 0 Å². The quantitative estimate of drug-likeness (QED) is 0.433. The highest BCUT2D eigenvalue weighted by Crippen LogP contribution is 2.32. The number of hydrogen-bond acceptors (Lipinski definition) is 3. The summed E-state index contributed by atoms with van der Waals surface area (Å²) in [7, 11) is 1.84. The van der Waals surface area contributed by atoms with Crippen LogP contribution in [-0.2, 0) is 26.3 Å². The van der Waals surface area contributed by atoms with Crippen LogP contribution in [0.4, 0.5) is 17.6 Å². The molecule has 164 valence electrons. The van der Waals surface area contributed by atoms with Gasteiger partial charge < -0.3 is 15.2 Å². The van der Waals surface area contributed by atoms with Gasteiger partial charge >= 0.3 is 6.18 Å². The summed E-state index contributed by atoms with van der Waals surface area (Å²) in [6.07, 6.45) is 0.698. The molecule has 0 amide bonds. The van der Waals surface area contributed by atoms with Gasteiger partial charge in [-0.1, -0.05) is 25.3 Å². The fraction of sp³-hybridized carbons (Fsp3) is 0.550. The van der Waals surface area contributed by atoms with E-state index in [1.165, 1.54) is 6.42 Å². The van der Waals surface area contributed by atoms with E-state index in [0.717, 1.165) is 43.6 Å². The minimum absolute atomic E-state index is 0.0804. The number of benzene rings is 1. The van der Waals surface area contributed by atoms with Crippen molar-refractivity contribution in [2.75, 3.05) is 0 Å². The third kappa shape index (κ3) is 5.70. The first-order valence-corrected chi connectivity index (χ1v) is 9.99. The van der Waals surface area contributed by atoms with E-state index in [1.807, 2.05) is 18.5 Å². The lowest BCUT2D eigenvalue weighted by atomic mass is 9.96. The van der Waals surface area contributed by atoms with E-state index in [2.05, 4.69) is 25.8 Å². The SMILES string of the molecule is Cc1nnc(CNC(=NCc2ccc(F)cc2C(F)(F)F)NC2CCCCC2)n1C. The van der Waals surface area contributed by atoms with Crippen LogP contribution >= 0.6 is 0 Å². The van der Waals surface area contributed by atoms with Gasteiger partial charge in [0.05, 0.1) is 18.7 Å². The van der Waals surface area contributed by atoms with Crippen molar-refractivity contribution in [1.82, 2.24) is 25.4 Å². The Morgan fingerprint density at radius 3 is 2.57 bits per heavy atom. The normalized spacial score (nSPS) is 16.0. The van der Waals surface area contributed by atoms with Crippen molar-refractivity contribution in [3.8, 4) is 0 Å². The molecule has 6 nitrogen and oxygen atoms in total. The van der Waals surface area contributed by atoms with Crippen molar-refractivity contribution in [3.63, 3.8) is 0 Å². The van der Waals surface area contributed by atoms with Gasteiger partial charge in [0.2, 0.25) is 0 Å². The van der Waals surface area contributed by atoms with Crippen molar-refractivity contribution in [1.29, 1.82) is 0 Å². The molecule has 0 saturated heterocycles. The lowest BCUT2D eigenvalue weighted by Gasteiger charge is -2.25. The van der Waals surface area contributed by atoms with Gasteiger partial charge in [-0.15, -0.1) is 10.2 Å². The standard InChI is InChI=1S/C20H26F4N6/c1-13-28-29-18(30(13)2)12-26-19(27-16-6-4-3-5-7-16)25-11-14-8-9-15(21)10-17(14)20(22,23)24/h8-10,16H,3-7,11-12H2,1-2H3,(H2,25,26,27). The zero-order valence-corrected chi connectivity index (χ0v) is 17.1. The molecule has 1 saturated carbocycles. The van der Waals surface area contributed by atoms with Gasteiger partial charge in [-0.3, -0.25) is 0 Å². The number of aryl methyl sites for hydroxylation is 1. The molecule has 0 atom stereocenters. The third-order valence-corrected chi connectivity index (χ3v) is 5.33. The second kappa shape index (κ2) is 9.44. The number of nitrogens with zero attached hydrogens (tertiary/aromatic N) is 4. The van der Waals surface area contributed by atoms with Crippen LogP contribution in [0.15, 0.2) is 23.2 Å². The summed E-state index contributed by atoms with van der Waals surface area (Å²) in [6.45, 7) is 1.93. The number of halogens is 4. The molecule has 0 unspecified atom stereocenters. The van der Waals surface area contributed by atoms with Gasteiger partial charge in [0.25, 0.3) is 0 Å². The lowest BCUT2D eigenvalue weighted by Crippen LogP contribution is -2.44. The Balaban J connectivity index is 1.78. The molecule has 3 rings (SSSR count). The highest BCUT2D eigenvalue weighted by Gasteiger charge is 2.33. The third-order valence-electron chi connectivity index (χ3n) is 5.33. The van der Waals surface area contributed by atoms with Crippen LogP contribution in [-0.4, -0.2) is 26.8 Å². The molecule has 0 radical (unpaired) electrons. The molecule has 2 aromatic rings. The highest BCUT2D eigenvalue weighted by atomic mass is 19.4. The summed E-state index contributed by atoms with van der Waals surface area (Å²) in [5.74, 6) is 0.918. The lowest BCUT2D eigenvalue weighted by molar-refractivity contribution is -0.138. The molecule has 30 heavy (non-hydrogen) atoms. The zero-order valence-electron chi connectivity index (χ0n) is 17.1. The Morgan fingerprint density at radius 1 is 1.20 bits per heavy atom. The largest absolute Gasteiger partial charge is 0.416 e. The zero-order chi connectivity index (χ0) is 21.7. The van der Waals surface area contributed by atoms with Crippen molar-refractivity contribution < 1.29 is 17.6 Å². The van der Waals surface area contributed by atoms with E-state index in [-0.39, 0.29) is 18.2 Å². The van der Waals surface area contributed by atoms with Crippen LogP contribution in [0.1, 0.15) is 54.9 Å². The minimum Gasteiger partial charge on any atom is -0.354 e. The molecule has 0 aliphatic heterocycles. The Bertz CT molecular complexity index is 884. The van der Waals surface area contributed by atoms with E-state index in [9.17, 15) is 17.6 Å². The van der Waals surface area contributed by atoms with Gasteiger partial charge in [0.1, 0.15) is 11.6 Å². The fourth-order valence-electron chi connectivity index (χ4n) is 3.48. The molecule has 0 bridgehead atoms. The van der Waals surface area contributed by atoms with Gasteiger partial charge in [-0.25, -0.2) is 9.38 Å². The summed E-state index contributed by atoms with van der Waals surface area (Å²) in [5.41, 5.74) is -1.09. The predicted octanol–water partition coefficient (Wildman–Crippen LogP) is 3.85. The molecule has 1 aliphatic rings. The van der Waals surface area contributed by atoms with Crippen LogP contribution < -0.4 is 10.6 Å². The number of hydrogen-bond donors (Lipinski definition) is 2. The number of aromatic nitrogens is 3. The Kier molecular flexibility index (Phi) is 6.94. The van der Waals surface area contributed by atoms with E-state index in [0.29, 0.717) is 24.4 Å². The van der Waals surface area contributed by atoms with Crippen LogP contribution in [0.25, 0.3) is 0 Å². The van der Waals surface area contributed by atoms with E-state index >= 15 is 0 Å². The number of aliphatic imine (C=N–C) groups is 1. The summed E-state index contributed by atoms with van der Waals surface area (Å²) in [6, 6.07) is 2.87. The molecule has 1 fully saturated rings. The Labute approximate surface area is 172 Å². The molecule has 2 N–H and O–H groups in total. The van der Waals surface area contributed by atoms with Crippen LogP contribution in [0.3, 0.4) is 0 Å². The fourth-order valence-corrected chi connectivity index (χ4v) is 3.48. The number of guanidine groups is 1. The molecule has 10 heteroatoms. The average molecular weight is 426 g/mol. The first kappa shape index (κ1) is 22.0. The van der Waals surface area contributed by atoms with Gasteiger partial charge in [-0.2, -0.15) is 13.2 Å². The highest BCUT2D eigenvalue weighted by molar-refractivity contribution is 5.80. The minimum atomic E-state index is -4.65. The first-order valence-electron chi connectivity index (χ1n) is 9.99. The van der Waals surface area contributed by atoms with Crippen molar-refractivity contribution in [2.24, 2.45) is 12.0 Å². The number of rotatable bonds is 5. The second-order valence-corrected chi connectivity index (χ2v) is 7.52. The molecule has 0 spiro atoms. The average Bonchev–Trinajstić information content (AvgIpc) is 3.03. The maximum absolute atomic E-state index is 13.4. The van der Waals surface area contributed by atoms with E-state index in [1.54, 1.807) is 0 Å². The summed E-state index contributed by atoms with van der Waals surface area (Å²) < 4.78 is 55.0. The molecule has 1 aromatic heterocycles. The number of nitrogens with one attached hydrogen (secondary N) is 2. The van der Waals surface area contributed by atoms with Crippen LogP contribution in [0.5, 0.6) is 0 Å². The van der Waals surface area contributed by atoms with Crippen molar-refractivity contribution >= 4 is 5.96 Å². The van der Waals surface area contributed by atoms with E-state index in [4.69, 9.17) is 0 Å². The summed E-state index contributed by atoms with van der Waals surface area (Å²) >= 11 is 0. The number of alkyl halides is 3. The van der Waals surface area contributed by atoms with Gasteiger partial charge in [0.15, 0.2) is 11.8 Å².